The van der Waals surface area contributed by atoms with Crippen molar-refractivity contribution in [3.63, 3.8) is 0 Å². The van der Waals surface area contributed by atoms with Crippen molar-refractivity contribution < 1.29 is 23.1 Å². The molecule has 0 radical (unpaired) electrons. The van der Waals surface area contributed by atoms with Gasteiger partial charge in [0.05, 0.1) is 26.3 Å². The number of nitrogens with two attached hydrogens (primary N) is 1. The molecule has 10 heteroatoms. The van der Waals surface area contributed by atoms with Crippen LogP contribution in [0.25, 0.3) is 10.2 Å². The van der Waals surface area contributed by atoms with Crippen LogP contribution in [0.1, 0.15) is 50.8 Å². The number of primary amides is 1. The minimum absolute atomic E-state index is 0.0592. The van der Waals surface area contributed by atoms with Crippen LogP contribution in [0.3, 0.4) is 0 Å². The lowest BCUT2D eigenvalue weighted by molar-refractivity contribution is -0.133. The number of hydrogen-bond acceptors (Lipinski definition) is 6. The predicted molar refractivity (Wildman–Crippen MR) is 167 cm³/mol. The Morgan fingerprint density at radius 1 is 1.00 bits per heavy atom. The number of aromatic nitrogens is 1. The Kier molecular flexibility index (Phi) is 7.86. The fourth-order valence-corrected chi connectivity index (χ4v) is 6.43. The number of carbonyl (C=O) groups excluding carboxylic acids is 2. The summed E-state index contributed by atoms with van der Waals surface area (Å²) in [5.41, 5.74) is 5.06. The quantitative estimate of drug-likeness (QED) is 0.181. The Morgan fingerprint density at radius 2 is 1.70 bits per heavy atom. The topological polar surface area (TPSA) is 88.8 Å². The van der Waals surface area contributed by atoms with Crippen LogP contribution in [0.5, 0.6) is 11.5 Å². The third kappa shape index (κ3) is 5.77. The number of ether oxygens (including phenoxy) is 1. The number of amides is 2. The predicted octanol–water partition coefficient (Wildman–Crippen LogP) is 6.91. The van der Waals surface area contributed by atoms with Gasteiger partial charge in [-0.2, -0.15) is 0 Å². The lowest BCUT2D eigenvalue weighted by atomic mass is 9.99. The molecule has 2 aromatic heterocycles. The summed E-state index contributed by atoms with van der Waals surface area (Å²) in [6, 6.07) is 12.8. The molecular formula is C34H32F2N4O3S. The molecule has 4 aromatic rings. The second-order valence-electron chi connectivity index (χ2n) is 11.8. The zero-order chi connectivity index (χ0) is 31.1. The molecule has 7 nitrogen and oxygen atoms in total. The molecule has 3 heterocycles. The Balaban J connectivity index is 1.28. The van der Waals surface area contributed by atoms with E-state index in [0.717, 1.165) is 28.7 Å². The van der Waals surface area contributed by atoms with Crippen molar-refractivity contribution in [3.8, 4) is 23.3 Å². The average molecular weight is 615 g/mol. The first-order valence-corrected chi connectivity index (χ1v) is 15.4. The Hall–Kier alpha value is -4.33. The summed E-state index contributed by atoms with van der Waals surface area (Å²) in [5.74, 6) is 4.55. The monoisotopic (exact) mass is 614 g/mol. The second kappa shape index (κ2) is 11.6. The van der Waals surface area contributed by atoms with Gasteiger partial charge in [0.1, 0.15) is 17.0 Å². The number of nitrogens with zero attached hydrogens (tertiary/aromatic N) is 3. The van der Waals surface area contributed by atoms with Crippen molar-refractivity contribution >= 4 is 44.7 Å². The van der Waals surface area contributed by atoms with Gasteiger partial charge in [-0.25, -0.2) is 8.78 Å². The van der Waals surface area contributed by atoms with Gasteiger partial charge in [-0.1, -0.05) is 18.3 Å². The number of benzene rings is 2. The van der Waals surface area contributed by atoms with E-state index in [4.69, 9.17) is 10.5 Å². The molecular weight excluding hydrogens is 582 g/mol. The maximum Gasteiger partial charge on any atom is 0.247 e. The van der Waals surface area contributed by atoms with Gasteiger partial charge in [0.2, 0.25) is 11.8 Å². The maximum absolute atomic E-state index is 15.6. The van der Waals surface area contributed by atoms with Crippen LogP contribution in [-0.2, 0) is 9.59 Å². The number of thiophene rings is 1. The molecule has 1 saturated carbocycles. The number of likely N-dealkylation sites (tertiary alicyclic amines) is 1. The van der Waals surface area contributed by atoms with Crippen molar-refractivity contribution in [2.24, 2.45) is 11.1 Å². The van der Waals surface area contributed by atoms with Gasteiger partial charge in [0.15, 0.2) is 11.6 Å². The zero-order valence-electron chi connectivity index (χ0n) is 24.5. The molecule has 0 spiro atoms. The lowest BCUT2D eigenvalue weighted by Crippen LogP contribution is -2.45. The summed E-state index contributed by atoms with van der Waals surface area (Å²) in [7, 11) is 0. The van der Waals surface area contributed by atoms with Crippen molar-refractivity contribution in [1.82, 2.24) is 9.88 Å². The Labute approximate surface area is 258 Å². The van der Waals surface area contributed by atoms with Gasteiger partial charge < -0.3 is 10.5 Å². The number of piperidine rings is 1. The number of halogens is 2. The molecule has 44 heavy (non-hydrogen) atoms. The normalized spacial score (nSPS) is 16.2. The molecule has 0 bridgehead atoms. The van der Waals surface area contributed by atoms with Crippen molar-refractivity contribution in [2.45, 2.75) is 51.5 Å². The highest BCUT2D eigenvalue weighted by molar-refractivity contribution is 7.19. The van der Waals surface area contributed by atoms with Gasteiger partial charge in [0.25, 0.3) is 0 Å². The fraction of sp³-hybridized carbons (Fsp3) is 0.324. The number of rotatable bonds is 7. The zero-order valence-corrected chi connectivity index (χ0v) is 25.3. The van der Waals surface area contributed by atoms with Gasteiger partial charge >= 0.3 is 0 Å². The van der Waals surface area contributed by atoms with E-state index in [0.29, 0.717) is 24.1 Å². The Morgan fingerprint density at radius 3 is 2.36 bits per heavy atom. The van der Waals surface area contributed by atoms with Gasteiger partial charge in [-0.15, -0.1) is 11.3 Å². The van der Waals surface area contributed by atoms with E-state index in [2.05, 4.69) is 35.6 Å². The molecule has 6 rings (SSSR count). The number of carbonyl (C=O) groups is 2. The third-order valence-corrected chi connectivity index (χ3v) is 9.38. The molecule has 226 valence electrons. The largest absolute Gasteiger partial charge is 0.453 e. The van der Waals surface area contributed by atoms with Crippen LogP contribution >= 0.6 is 11.3 Å². The first kappa shape index (κ1) is 29.7. The molecule has 0 atom stereocenters. The molecule has 1 aliphatic carbocycles. The molecule has 2 N–H and O–H groups in total. The van der Waals surface area contributed by atoms with Crippen LogP contribution in [0.2, 0.25) is 0 Å². The smallest absolute Gasteiger partial charge is 0.247 e. The lowest BCUT2D eigenvalue weighted by Gasteiger charge is -2.37. The van der Waals surface area contributed by atoms with Crippen LogP contribution in [0.15, 0.2) is 60.8 Å². The number of anilines is 2. The van der Waals surface area contributed by atoms with E-state index in [9.17, 15) is 14.0 Å². The fourth-order valence-electron chi connectivity index (χ4n) is 5.51. The average Bonchev–Trinajstić information content (AvgIpc) is 3.73. The van der Waals surface area contributed by atoms with Crippen LogP contribution in [0.4, 0.5) is 20.2 Å². The van der Waals surface area contributed by atoms with E-state index in [1.54, 1.807) is 12.3 Å². The van der Waals surface area contributed by atoms with E-state index >= 15 is 4.39 Å². The number of pyridine rings is 1. The molecule has 2 amide bonds. The second-order valence-corrected chi connectivity index (χ2v) is 12.8. The van der Waals surface area contributed by atoms with E-state index < -0.39 is 28.9 Å². The summed E-state index contributed by atoms with van der Waals surface area (Å²) >= 11 is 1.43. The van der Waals surface area contributed by atoms with Crippen molar-refractivity contribution in [1.29, 1.82) is 0 Å². The summed E-state index contributed by atoms with van der Waals surface area (Å²) in [6.45, 7) is 6.36. The van der Waals surface area contributed by atoms with Crippen LogP contribution < -0.4 is 15.4 Å². The summed E-state index contributed by atoms with van der Waals surface area (Å²) < 4.78 is 36.0. The first-order chi connectivity index (χ1) is 21.1. The van der Waals surface area contributed by atoms with Gasteiger partial charge in [-0.05, 0) is 95.1 Å². The summed E-state index contributed by atoms with van der Waals surface area (Å²) in [5, 5.41) is 0. The third-order valence-electron chi connectivity index (χ3n) is 8.33. The molecule has 0 unspecified atom stereocenters. The summed E-state index contributed by atoms with van der Waals surface area (Å²) in [6.07, 6.45) is 5.82. The SMILES string of the molecule is CC(C)(C#Cc1cc2nccc(Oc3ccc(N(C(=O)C4(C(N)=O)CC4)c4ccc(F)cc4)cc3F)c2s1)N1CCCCC1. The molecule has 2 aliphatic rings. The highest BCUT2D eigenvalue weighted by atomic mass is 32.1. The molecule has 1 saturated heterocycles. The standard InChI is InChI=1S/C34H32F2N4O3S/c1-33(2,39-18-4-3-5-19-39)14-12-25-21-27-30(44-25)29(13-17-38-27)43-28-11-10-24(20-26(28)36)40(23-8-6-22(35)7-9-23)32(42)34(15-16-34)31(37)41/h6-11,13,17,20-21H,3-5,15-16,18-19H2,1-2H3,(H2,37,41). The van der Waals surface area contributed by atoms with Crippen LogP contribution in [-0.4, -0.2) is 40.3 Å². The molecule has 1 aliphatic heterocycles. The molecule has 2 aromatic carbocycles. The van der Waals surface area contributed by atoms with E-state index in [-0.39, 0.29) is 22.7 Å². The Bertz CT molecular complexity index is 1800. The minimum Gasteiger partial charge on any atom is -0.453 e. The first-order valence-electron chi connectivity index (χ1n) is 14.6. The highest BCUT2D eigenvalue weighted by Gasteiger charge is 2.57. The van der Waals surface area contributed by atoms with Crippen molar-refractivity contribution in [3.05, 3.63) is 77.3 Å². The van der Waals surface area contributed by atoms with Gasteiger partial charge in [0, 0.05) is 24.0 Å². The number of hydrogen-bond donors (Lipinski definition) is 1. The maximum atomic E-state index is 15.6. The van der Waals surface area contributed by atoms with E-state index in [1.807, 2.05) is 6.07 Å². The summed E-state index contributed by atoms with van der Waals surface area (Å²) in [4.78, 5) is 34.6. The van der Waals surface area contributed by atoms with E-state index in [1.165, 1.54) is 71.9 Å². The van der Waals surface area contributed by atoms with Crippen LogP contribution in [0, 0.1) is 28.9 Å². The molecule has 2 fully saturated rings. The number of fused-ring (bicyclic) bond motifs is 1. The van der Waals surface area contributed by atoms with Gasteiger partial charge in [-0.3, -0.25) is 24.4 Å². The minimum atomic E-state index is -1.37. The highest BCUT2D eigenvalue weighted by Crippen LogP contribution is 2.49. The van der Waals surface area contributed by atoms with Crippen molar-refractivity contribution in [2.75, 3.05) is 18.0 Å².